The number of hydrogen-bond acceptors (Lipinski definition) is 6. The van der Waals surface area contributed by atoms with Crippen LogP contribution in [0, 0.1) is 6.92 Å². The average molecular weight is 253 g/mol. The monoisotopic (exact) mass is 253 g/mol. The summed E-state index contributed by atoms with van der Waals surface area (Å²) in [7, 11) is 1.35. The van der Waals surface area contributed by atoms with Crippen LogP contribution < -0.4 is 4.90 Å². The number of carbonyl (C=O) groups excluding carboxylic acids is 1. The highest BCUT2D eigenvalue weighted by Crippen LogP contribution is 2.10. The van der Waals surface area contributed by atoms with Gasteiger partial charge in [-0.3, -0.25) is 4.79 Å². The zero-order valence-electron chi connectivity index (χ0n) is 11.0. The van der Waals surface area contributed by atoms with Crippen LogP contribution in [0.4, 0.5) is 5.82 Å². The van der Waals surface area contributed by atoms with E-state index in [2.05, 4.69) is 19.6 Å². The Bertz CT molecular complexity index is 379. The van der Waals surface area contributed by atoms with Gasteiger partial charge in [-0.05, 0) is 13.0 Å². The summed E-state index contributed by atoms with van der Waals surface area (Å²) in [4.78, 5) is 20.2. The zero-order chi connectivity index (χ0) is 13.4. The summed E-state index contributed by atoms with van der Waals surface area (Å²) >= 11 is 0. The molecule has 2 rings (SSSR count). The minimum absolute atomic E-state index is 0.245. The largest absolute Gasteiger partial charge is 0.469 e. The number of aromatic nitrogens is 2. The van der Waals surface area contributed by atoms with Crippen LogP contribution >= 0.6 is 0 Å². The number of hydrogen-bond donors (Lipinski definition) is 0. The van der Waals surface area contributed by atoms with Gasteiger partial charge in [-0.25, -0.2) is 9.97 Å². The maximum Gasteiger partial charge on any atom is 0.302 e. The fraction of sp³-hybridized carbons (Fsp3) is 0.583. The molecule has 2 heterocycles. The molecule has 0 aliphatic carbocycles. The van der Waals surface area contributed by atoms with Crippen molar-refractivity contribution >= 4 is 11.8 Å². The molecular formula is C12H19N3O3. The molecule has 0 saturated carbocycles. The van der Waals surface area contributed by atoms with E-state index < -0.39 is 0 Å². The second-order valence-corrected chi connectivity index (χ2v) is 3.76. The van der Waals surface area contributed by atoms with Gasteiger partial charge in [-0.15, -0.1) is 0 Å². The van der Waals surface area contributed by atoms with E-state index in [4.69, 9.17) is 4.74 Å². The standard InChI is InChI=1S/C9H13N3O.C3H6O2/c1-8-10-3-2-9(11-8)12-4-6-13-7-5-12;1-3(4)5-2/h2-3H,4-7H2,1H3;1-2H3. The van der Waals surface area contributed by atoms with Crippen molar-refractivity contribution in [2.45, 2.75) is 13.8 Å². The molecule has 18 heavy (non-hydrogen) atoms. The zero-order valence-corrected chi connectivity index (χ0v) is 11.0. The fourth-order valence-corrected chi connectivity index (χ4v) is 1.41. The van der Waals surface area contributed by atoms with E-state index in [1.54, 1.807) is 6.20 Å². The SMILES string of the molecule is COC(C)=O.Cc1nccc(N2CCOCC2)n1. The van der Waals surface area contributed by atoms with Gasteiger partial charge in [-0.2, -0.15) is 0 Å². The van der Waals surface area contributed by atoms with Crippen LogP contribution in [0.25, 0.3) is 0 Å². The van der Waals surface area contributed by atoms with Gasteiger partial charge in [0.2, 0.25) is 0 Å². The number of carbonyl (C=O) groups is 1. The van der Waals surface area contributed by atoms with Crippen molar-refractivity contribution in [2.24, 2.45) is 0 Å². The molecule has 6 heteroatoms. The lowest BCUT2D eigenvalue weighted by atomic mass is 10.4. The molecule has 1 fully saturated rings. The molecule has 0 aromatic carbocycles. The Balaban J connectivity index is 0.000000280. The Labute approximate surface area is 107 Å². The summed E-state index contributed by atoms with van der Waals surface area (Å²) in [5.41, 5.74) is 0. The molecule has 0 radical (unpaired) electrons. The molecule has 0 amide bonds. The number of ether oxygens (including phenoxy) is 2. The van der Waals surface area contributed by atoms with Crippen molar-refractivity contribution in [2.75, 3.05) is 38.3 Å². The summed E-state index contributed by atoms with van der Waals surface area (Å²) in [6.45, 7) is 6.71. The van der Waals surface area contributed by atoms with E-state index >= 15 is 0 Å². The van der Waals surface area contributed by atoms with Gasteiger partial charge in [-0.1, -0.05) is 0 Å². The van der Waals surface area contributed by atoms with Gasteiger partial charge in [0, 0.05) is 26.2 Å². The molecule has 1 aliphatic rings. The third-order valence-corrected chi connectivity index (χ3v) is 2.38. The van der Waals surface area contributed by atoms with Crippen LogP contribution in [-0.4, -0.2) is 49.4 Å². The lowest BCUT2D eigenvalue weighted by Gasteiger charge is -2.27. The summed E-state index contributed by atoms with van der Waals surface area (Å²) in [6.07, 6.45) is 1.80. The third kappa shape index (κ3) is 5.09. The molecule has 1 aliphatic heterocycles. The minimum Gasteiger partial charge on any atom is -0.469 e. The van der Waals surface area contributed by atoms with Gasteiger partial charge in [0.25, 0.3) is 0 Å². The normalized spacial score (nSPS) is 14.5. The Hall–Kier alpha value is -1.69. The summed E-state index contributed by atoms with van der Waals surface area (Å²) in [5, 5.41) is 0. The van der Waals surface area contributed by atoms with Crippen molar-refractivity contribution in [1.29, 1.82) is 0 Å². The predicted octanol–water partition coefficient (Wildman–Crippen LogP) is 0.801. The van der Waals surface area contributed by atoms with E-state index in [-0.39, 0.29) is 5.97 Å². The molecule has 0 N–H and O–H groups in total. The number of rotatable bonds is 1. The van der Waals surface area contributed by atoms with Crippen LogP contribution in [0.1, 0.15) is 12.7 Å². The van der Waals surface area contributed by atoms with E-state index in [9.17, 15) is 4.79 Å². The second-order valence-electron chi connectivity index (χ2n) is 3.76. The Morgan fingerprint density at radius 1 is 1.44 bits per heavy atom. The van der Waals surface area contributed by atoms with Crippen molar-refractivity contribution in [3.05, 3.63) is 18.1 Å². The first-order valence-corrected chi connectivity index (χ1v) is 5.80. The first-order chi connectivity index (χ1) is 8.63. The fourth-order valence-electron chi connectivity index (χ4n) is 1.41. The summed E-state index contributed by atoms with van der Waals surface area (Å²) in [6, 6.07) is 1.94. The Kier molecular flexibility index (Phi) is 6.07. The van der Waals surface area contributed by atoms with Crippen molar-refractivity contribution < 1.29 is 14.3 Å². The minimum atomic E-state index is -0.245. The van der Waals surface area contributed by atoms with Crippen molar-refractivity contribution in [3.8, 4) is 0 Å². The highest BCUT2D eigenvalue weighted by Gasteiger charge is 2.11. The van der Waals surface area contributed by atoms with E-state index in [0.29, 0.717) is 0 Å². The molecule has 0 bridgehead atoms. The lowest BCUT2D eigenvalue weighted by molar-refractivity contribution is -0.137. The molecule has 0 spiro atoms. The first kappa shape index (κ1) is 14.4. The van der Waals surface area contributed by atoms with Crippen molar-refractivity contribution in [3.63, 3.8) is 0 Å². The molecule has 1 aromatic heterocycles. The second kappa shape index (κ2) is 7.60. The smallest absolute Gasteiger partial charge is 0.302 e. The lowest BCUT2D eigenvalue weighted by Crippen LogP contribution is -2.36. The number of aryl methyl sites for hydroxylation is 1. The van der Waals surface area contributed by atoms with Gasteiger partial charge >= 0.3 is 5.97 Å². The highest BCUT2D eigenvalue weighted by molar-refractivity contribution is 5.65. The van der Waals surface area contributed by atoms with Gasteiger partial charge in [0.1, 0.15) is 11.6 Å². The quantitative estimate of drug-likeness (QED) is 0.690. The van der Waals surface area contributed by atoms with Crippen molar-refractivity contribution in [1.82, 2.24) is 9.97 Å². The number of anilines is 1. The molecule has 1 saturated heterocycles. The van der Waals surface area contributed by atoms with E-state index in [0.717, 1.165) is 37.9 Å². The van der Waals surface area contributed by atoms with Gasteiger partial charge in [0.05, 0.1) is 20.3 Å². The van der Waals surface area contributed by atoms with E-state index in [1.807, 2.05) is 13.0 Å². The number of methoxy groups -OCH3 is 1. The molecule has 6 nitrogen and oxygen atoms in total. The molecule has 0 atom stereocenters. The average Bonchev–Trinajstić information content (AvgIpc) is 2.40. The number of nitrogens with zero attached hydrogens (tertiary/aromatic N) is 3. The van der Waals surface area contributed by atoms with Gasteiger partial charge < -0.3 is 14.4 Å². The summed E-state index contributed by atoms with van der Waals surface area (Å²) < 4.78 is 9.38. The third-order valence-electron chi connectivity index (χ3n) is 2.38. The van der Waals surface area contributed by atoms with Crippen LogP contribution in [0.15, 0.2) is 12.3 Å². The number of esters is 1. The van der Waals surface area contributed by atoms with Crippen LogP contribution in [-0.2, 0) is 14.3 Å². The topological polar surface area (TPSA) is 64.5 Å². The molecule has 100 valence electrons. The molecular weight excluding hydrogens is 234 g/mol. The highest BCUT2D eigenvalue weighted by atomic mass is 16.5. The van der Waals surface area contributed by atoms with Crippen LogP contribution in [0.3, 0.4) is 0 Å². The Morgan fingerprint density at radius 3 is 2.56 bits per heavy atom. The van der Waals surface area contributed by atoms with Crippen LogP contribution in [0.5, 0.6) is 0 Å². The van der Waals surface area contributed by atoms with E-state index in [1.165, 1.54) is 14.0 Å². The van der Waals surface area contributed by atoms with Crippen LogP contribution in [0.2, 0.25) is 0 Å². The maximum atomic E-state index is 9.59. The molecule has 0 unspecified atom stereocenters. The Morgan fingerprint density at radius 2 is 2.06 bits per heavy atom. The van der Waals surface area contributed by atoms with Gasteiger partial charge in [0.15, 0.2) is 0 Å². The maximum absolute atomic E-state index is 9.59. The molecule has 1 aromatic rings. The first-order valence-electron chi connectivity index (χ1n) is 5.80. The predicted molar refractivity (Wildman–Crippen MR) is 67.5 cm³/mol. The number of morpholine rings is 1. The summed E-state index contributed by atoms with van der Waals surface area (Å²) in [5.74, 6) is 1.59.